The first-order valence-corrected chi connectivity index (χ1v) is 5.36. The lowest BCUT2D eigenvalue weighted by Gasteiger charge is -2.10. The molecule has 0 aliphatic heterocycles. The largest absolute Gasteiger partial charge is 0.504 e. The van der Waals surface area contributed by atoms with Gasteiger partial charge in [-0.15, -0.1) is 0 Å². The number of aromatic hydroxyl groups is 3. The summed E-state index contributed by atoms with van der Waals surface area (Å²) < 4.78 is 0. The predicted octanol–water partition coefficient (Wildman–Crippen LogP) is 0.701. The smallest absolute Gasteiger partial charge is 0.200 e. The number of phenols is 3. The minimum Gasteiger partial charge on any atom is -0.504 e. The molecule has 100 valence electrons. The molecule has 0 aromatic heterocycles. The topological polar surface area (TPSA) is 158 Å². The van der Waals surface area contributed by atoms with E-state index < -0.39 is 29.2 Å². The van der Waals surface area contributed by atoms with Crippen LogP contribution in [0.25, 0.3) is 6.08 Å². The van der Waals surface area contributed by atoms with Gasteiger partial charge in [-0.25, -0.2) is 0 Å². The molecular formula is C13H10N4O3. The Hall–Kier alpha value is -3.21. The van der Waals surface area contributed by atoms with Crippen LogP contribution < -0.4 is 5.73 Å². The fourth-order valence-electron chi connectivity index (χ4n) is 1.46. The Kier molecular flexibility index (Phi) is 4.53. The zero-order valence-electron chi connectivity index (χ0n) is 10.1. The lowest BCUT2D eigenvalue weighted by atomic mass is 9.95. The Morgan fingerprint density at radius 2 is 1.60 bits per heavy atom. The fourth-order valence-corrected chi connectivity index (χ4v) is 1.46. The summed E-state index contributed by atoms with van der Waals surface area (Å²) in [6.45, 7) is 0. The van der Waals surface area contributed by atoms with Crippen molar-refractivity contribution in [2.75, 3.05) is 0 Å². The van der Waals surface area contributed by atoms with Crippen LogP contribution in [-0.2, 0) is 0 Å². The summed E-state index contributed by atoms with van der Waals surface area (Å²) in [5.74, 6) is -3.02. The monoisotopic (exact) mass is 270 g/mol. The molecule has 1 atom stereocenters. The average Bonchev–Trinajstić information content (AvgIpc) is 2.43. The van der Waals surface area contributed by atoms with Gasteiger partial charge in [-0.05, 0) is 23.8 Å². The lowest BCUT2D eigenvalue weighted by Crippen LogP contribution is -2.29. The molecule has 1 aromatic rings. The van der Waals surface area contributed by atoms with Crippen molar-refractivity contribution >= 4 is 6.08 Å². The molecule has 0 spiro atoms. The fraction of sp³-hybridized carbons (Fsp3) is 0.154. The van der Waals surface area contributed by atoms with Gasteiger partial charge >= 0.3 is 0 Å². The maximum atomic E-state index is 9.35. The highest BCUT2D eigenvalue weighted by Gasteiger charge is 2.21. The molecule has 7 nitrogen and oxygen atoms in total. The van der Waals surface area contributed by atoms with E-state index in [4.69, 9.17) is 21.5 Å². The van der Waals surface area contributed by atoms with Gasteiger partial charge in [-0.2, -0.15) is 15.8 Å². The van der Waals surface area contributed by atoms with E-state index >= 15 is 0 Å². The van der Waals surface area contributed by atoms with Crippen molar-refractivity contribution in [3.8, 4) is 35.5 Å². The maximum Gasteiger partial charge on any atom is 0.200 e. The minimum atomic E-state index is -1.19. The van der Waals surface area contributed by atoms with Crippen molar-refractivity contribution in [2.45, 2.75) is 6.04 Å². The van der Waals surface area contributed by atoms with Crippen molar-refractivity contribution in [3.05, 3.63) is 23.3 Å². The number of benzene rings is 1. The van der Waals surface area contributed by atoms with E-state index in [9.17, 15) is 15.3 Å². The van der Waals surface area contributed by atoms with Gasteiger partial charge in [0.05, 0.1) is 24.2 Å². The summed E-state index contributed by atoms with van der Waals surface area (Å²) in [6.07, 6.45) is 1.21. The van der Waals surface area contributed by atoms with Crippen LogP contribution in [0.1, 0.15) is 5.56 Å². The molecule has 0 saturated heterocycles. The number of hydrogen-bond donors (Lipinski definition) is 4. The molecule has 7 heteroatoms. The molecule has 0 amide bonds. The third-order valence-corrected chi connectivity index (χ3v) is 2.54. The Morgan fingerprint density at radius 1 is 1.10 bits per heavy atom. The predicted molar refractivity (Wildman–Crippen MR) is 67.7 cm³/mol. The van der Waals surface area contributed by atoms with Crippen molar-refractivity contribution < 1.29 is 15.3 Å². The van der Waals surface area contributed by atoms with E-state index in [0.29, 0.717) is 0 Å². The molecule has 20 heavy (non-hydrogen) atoms. The quantitative estimate of drug-likeness (QED) is 0.464. The highest BCUT2D eigenvalue weighted by atomic mass is 16.3. The number of rotatable bonds is 3. The second kappa shape index (κ2) is 6.10. The van der Waals surface area contributed by atoms with Gasteiger partial charge in [0.25, 0.3) is 0 Å². The molecule has 0 fully saturated rings. The van der Waals surface area contributed by atoms with Crippen LogP contribution in [0.5, 0.6) is 17.2 Å². The number of hydrogen-bond acceptors (Lipinski definition) is 7. The molecule has 0 bridgehead atoms. The summed E-state index contributed by atoms with van der Waals surface area (Å²) in [7, 11) is 0. The van der Waals surface area contributed by atoms with Crippen molar-refractivity contribution in [2.24, 2.45) is 11.7 Å². The van der Waals surface area contributed by atoms with Gasteiger partial charge in [0, 0.05) is 5.57 Å². The van der Waals surface area contributed by atoms with Crippen LogP contribution in [0.3, 0.4) is 0 Å². The standard InChI is InChI=1S/C13H10N4O3/c14-4-8(12(17)9(5-15)6-16)1-7-2-10(18)13(20)11(19)3-7/h1-3,9,12,18-20H,17H2/b8-1+. The van der Waals surface area contributed by atoms with Crippen LogP contribution in [-0.4, -0.2) is 21.4 Å². The zero-order valence-corrected chi connectivity index (χ0v) is 10.1. The van der Waals surface area contributed by atoms with E-state index in [2.05, 4.69) is 0 Å². The zero-order chi connectivity index (χ0) is 15.3. The molecule has 0 aliphatic carbocycles. The second-order valence-corrected chi connectivity index (χ2v) is 3.88. The Balaban J connectivity index is 3.24. The normalized spacial score (nSPS) is 12.2. The van der Waals surface area contributed by atoms with Crippen LogP contribution in [0.2, 0.25) is 0 Å². The third kappa shape index (κ3) is 2.97. The Labute approximate surface area is 114 Å². The number of nitrogens with two attached hydrogens (primary N) is 1. The summed E-state index contributed by atoms with van der Waals surface area (Å²) in [4.78, 5) is 0. The second-order valence-electron chi connectivity index (χ2n) is 3.88. The summed E-state index contributed by atoms with van der Waals surface area (Å²) in [5.41, 5.74) is 5.76. The van der Waals surface area contributed by atoms with Crippen LogP contribution in [0.4, 0.5) is 0 Å². The van der Waals surface area contributed by atoms with E-state index in [0.717, 1.165) is 12.1 Å². The Bertz CT molecular complexity index is 639. The first kappa shape index (κ1) is 14.8. The third-order valence-electron chi connectivity index (χ3n) is 2.54. The molecule has 1 aromatic carbocycles. The van der Waals surface area contributed by atoms with Gasteiger partial charge in [-0.3, -0.25) is 0 Å². The maximum absolute atomic E-state index is 9.35. The van der Waals surface area contributed by atoms with Gasteiger partial charge in [0.1, 0.15) is 0 Å². The average molecular weight is 270 g/mol. The Morgan fingerprint density at radius 3 is 2.00 bits per heavy atom. The van der Waals surface area contributed by atoms with E-state index in [-0.39, 0.29) is 11.1 Å². The molecule has 0 saturated carbocycles. The van der Waals surface area contributed by atoms with Gasteiger partial charge in [-0.1, -0.05) is 0 Å². The van der Waals surface area contributed by atoms with Gasteiger partial charge in [0.2, 0.25) is 0 Å². The van der Waals surface area contributed by atoms with E-state index in [1.165, 1.54) is 6.08 Å². The van der Waals surface area contributed by atoms with Crippen molar-refractivity contribution in [3.63, 3.8) is 0 Å². The lowest BCUT2D eigenvalue weighted by molar-refractivity contribution is 0.368. The van der Waals surface area contributed by atoms with Crippen molar-refractivity contribution in [1.29, 1.82) is 15.8 Å². The highest BCUT2D eigenvalue weighted by molar-refractivity contribution is 5.65. The van der Waals surface area contributed by atoms with Gasteiger partial charge < -0.3 is 21.1 Å². The highest BCUT2D eigenvalue weighted by Crippen LogP contribution is 2.36. The molecule has 5 N–H and O–H groups in total. The summed E-state index contributed by atoms with van der Waals surface area (Å²) in [6, 6.07) is 6.19. The van der Waals surface area contributed by atoms with Crippen LogP contribution in [0, 0.1) is 39.9 Å². The summed E-state index contributed by atoms with van der Waals surface area (Å²) >= 11 is 0. The van der Waals surface area contributed by atoms with Crippen LogP contribution in [0.15, 0.2) is 17.7 Å². The van der Waals surface area contributed by atoms with E-state index in [1.807, 2.05) is 0 Å². The number of nitrogens with zero attached hydrogens (tertiary/aromatic N) is 3. The number of phenolic OH excluding ortho intramolecular Hbond substituents is 3. The first-order valence-electron chi connectivity index (χ1n) is 5.36. The molecule has 0 radical (unpaired) electrons. The SMILES string of the molecule is N#C/C(=C\c1cc(O)c(O)c(O)c1)C(N)C(C#N)C#N. The molecule has 0 heterocycles. The molecule has 0 aliphatic rings. The first-order chi connectivity index (χ1) is 9.44. The minimum absolute atomic E-state index is 0.0670. The number of nitriles is 3. The molecular weight excluding hydrogens is 260 g/mol. The summed E-state index contributed by atoms with van der Waals surface area (Å²) in [5, 5.41) is 54.4. The van der Waals surface area contributed by atoms with Crippen molar-refractivity contribution in [1.82, 2.24) is 0 Å². The van der Waals surface area contributed by atoms with E-state index in [1.54, 1.807) is 18.2 Å². The molecule has 1 rings (SSSR count). The van der Waals surface area contributed by atoms with Gasteiger partial charge in [0.15, 0.2) is 23.2 Å². The molecule has 1 unspecified atom stereocenters. The van der Waals surface area contributed by atoms with Crippen LogP contribution >= 0.6 is 0 Å².